The molecule has 0 fully saturated rings. The molecule has 101 heavy (non-hydrogen) atoms. The third kappa shape index (κ3) is 74.2. The van der Waals surface area contributed by atoms with Crippen LogP contribution in [-0.4, -0.2) is 96.7 Å². The highest BCUT2D eigenvalue weighted by molar-refractivity contribution is 7.47. The van der Waals surface area contributed by atoms with Crippen LogP contribution in [0.4, 0.5) is 0 Å². The van der Waals surface area contributed by atoms with E-state index in [0.717, 1.165) is 127 Å². The predicted molar refractivity (Wildman–Crippen MR) is 414 cm³/mol. The molecule has 0 radical (unpaired) electrons. The Labute approximate surface area is 618 Å². The number of hydrogen-bond donors (Lipinski definition) is 3. The van der Waals surface area contributed by atoms with E-state index in [9.17, 15) is 43.2 Å². The molecule has 0 aliphatic heterocycles. The Morgan fingerprint density at radius 3 is 0.881 bits per heavy atom. The third-order valence-corrected chi connectivity index (χ3v) is 20.8. The fourth-order valence-electron chi connectivity index (χ4n) is 12.1. The highest BCUT2D eigenvalue weighted by Crippen LogP contribution is 2.45. The van der Waals surface area contributed by atoms with E-state index in [1.54, 1.807) is 0 Å². The summed E-state index contributed by atoms with van der Waals surface area (Å²) in [5, 5.41) is 10.6. The van der Waals surface area contributed by atoms with E-state index >= 15 is 0 Å². The van der Waals surface area contributed by atoms with Crippen molar-refractivity contribution in [3.05, 3.63) is 24.3 Å². The summed E-state index contributed by atoms with van der Waals surface area (Å²) >= 11 is 0. The molecule has 0 amide bonds. The molecule has 3 unspecified atom stereocenters. The number of rotatable bonds is 78. The van der Waals surface area contributed by atoms with Gasteiger partial charge in [-0.25, -0.2) is 9.13 Å². The second-order valence-electron chi connectivity index (χ2n) is 30.0. The maximum atomic E-state index is 13.1. The lowest BCUT2D eigenvalue weighted by Gasteiger charge is -2.21. The van der Waals surface area contributed by atoms with Crippen molar-refractivity contribution in [3.8, 4) is 0 Å². The number of carbonyl (C=O) groups is 4. The molecule has 19 heteroatoms. The maximum Gasteiger partial charge on any atom is 0.472 e. The van der Waals surface area contributed by atoms with Gasteiger partial charge < -0.3 is 33.8 Å². The van der Waals surface area contributed by atoms with Gasteiger partial charge in [0.05, 0.1) is 26.4 Å². The average molecular weight is 1480 g/mol. The van der Waals surface area contributed by atoms with Gasteiger partial charge in [0.15, 0.2) is 12.2 Å². The summed E-state index contributed by atoms with van der Waals surface area (Å²) in [6, 6.07) is 0. The Kier molecular flexibility index (Phi) is 70.0. The molecule has 0 aromatic rings. The first-order chi connectivity index (χ1) is 48.8. The molecule has 17 nitrogen and oxygen atoms in total. The number of aliphatic hydroxyl groups is 1. The summed E-state index contributed by atoms with van der Waals surface area (Å²) in [6.45, 7) is 11.9. The zero-order chi connectivity index (χ0) is 74.4. The number of phosphoric ester groups is 2. The molecule has 0 spiro atoms. The van der Waals surface area contributed by atoms with Crippen LogP contribution in [0.25, 0.3) is 0 Å². The van der Waals surface area contributed by atoms with Crippen LogP contribution in [0.5, 0.6) is 0 Å². The Balaban J connectivity index is 5.26. The van der Waals surface area contributed by atoms with E-state index in [1.807, 2.05) is 0 Å². The van der Waals surface area contributed by atoms with Crippen LogP contribution >= 0.6 is 15.6 Å². The smallest absolute Gasteiger partial charge is 0.462 e. The van der Waals surface area contributed by atoms with Gasteiger partial charge in [-0.05, 0) is 69.1 Å². The second-order valence-corrected chi connectivity index (χ2v) is 32.9. The summed E-state index contributed by atoms with van der Waals surface area (Å²) in [4.78, 5) is 73.0. The second kappa shape index (κ2) is 71.8. The number of phosphoric acid groups is 2. The summed E-state index contributed by atoms with van der Waals surface area (Å²) in [7, 11) is -9.94. The van der Waals surface area contributed by atoms with E-state index in [4.69, 9.17) is 37.0 Å². The minimum Gasteiger partial charge on any atom is -0.462 e. The maximum absolute atomic E-state index is 13.1. The van der Waals surface area contributed by atoms with E-state index in [0.29, 0.717) is 25.7 Å². The number of esters is 4. The lowest BCUT2D eigenvalue weighted by molar-refractivity contribution is -0.161. The van der Waals surface area contributed by atoms with Crippen molar-refractivity contribution >= 4 is 39.5 Å². The summed E-state index contributed by atoms with van der Waals surface area (Å²) in [5.41, 5.74) is 0. The van der Waals surface area contributed by atoms with E-state index in [1.165, 1.54) is 193 Å². The van der Waals surface area contributed by atoms with E-state index in [-0.39, 0.29) is 25.7 Å². The molecule has 0 saturated heterocycles. The van der Waals surface area contributed by atoms with Crippen LogP contribution in [-0.2, 0) is 65.4 Å². The minimum atomic E-state index is -4.97. The quantitative estimate of drug-likeness (QED) is 0.0169. The van der Waals surface area contributed by atoms with Crippen molar-refractivity contribution < 1.29 is 80.2 Å². The molecular formula is C82H156O17P2. The van der Waals surface area contributed by atoms with Crippen LogP contribution < -0.4 is 0 Å². The van der Waals surface area contributed by atoms with Gasteiger partial charge >= 0.3 is 39.5 Å². The summed E-state index contributed by atoms with van der Waals surface area (Å²) in [6.07, 6.45) is 63.3. The van der Waals surface area contributed by atoms with Gasteiger partial charge in [-0.2, -0.15) is 0 Å². The van der Waals surface area contributed by atoms with E-state index in [2.05, 4.69) is 72.8 Å². The molecule has 596 valence electrons. The topological polar surface area (TPSA) is 237 Å². The first kappa shape index (κ1) is 98.5. The van der Waals surface area contributed by atoms with Gasteiger partial charge in [-0.15, -0.1) is 0 Å². The molecule has 0 heterocycles. The lowest BCUT2D eigenvalue weighted by atomic mass is 10.00. The van der Waals surface area contributed by atoms with Crippen molar-refractivity contribution in [2.75, 3.05) is 39.6 Å². The molecular weight excluding hydrogens is 1320 g/mol. The van der Waals surface area contributed by atoms with Crippen LogP contribution in [0.1, 0.15) is 402 Å². The molecule has 3 N–H and O–H groups in total. The van der Waals surface area contributed by atoms with Gasteiger partial charge in [-0.1, -0.05) is 349 Å². The first-order valence-corrected chi connectivity index (χ1v) is 44.7. The highest BCUT2D eigenvalue weighted by atomic mass is 31.2. The molecule has 0 rings (SSSR count). The number of aliphatic hydroxyl groups excluding tert-OH is 1. The molecule has 0 aromatic carbocycles. The van der Waals surface area contributed by atoms with Crippen molar-refractivity contribution in [1.82, 2.24) is 0 Å². The summed E-state index contributed by atoms with van der Waals surface area (Å²) < 4.78 is 68.7. The zero-order valence-corrected chi connectivity index (χ0v) is 67.6. The Bertz CT molecular complexity index is 2050. The Morgan fingerprint density at radius 1 is 0.327 bits per heavy atom. The lowest BCUT2D eigenvalue weighted by Crippen LogP contribution is -2.30. The molecule has 0 aliphatic rings. The van der Waals surface area contributed by atoms with Gasteiger partial charge in [-0.3, -0.25) is 37.3 Å². The molecule has 0 aliphatic carbocycles. The normalized spacial score (nSPS) is 14.4. The number of hydrogen-bond acceptors (Lipinski definition) is 15. The van der Waals surface area contributed by atoms with Crippen LogP contribution in [0.2, 0.25) is 0 Å². The predicted octanol–water partition coefficient (Wildman–Crippen LogP) is 24.1. The van der Waals surface area contributed by atoms with Gasteiger partial charge in [0.1, 0.15) is 19.3 Å². The third-order valence-electron chi connectivity index (χ3n) is 18.9. The Morgan fingerprint density at radius 2 is 0.584 bits per heavy atom. The van der Waals surface area contributed by atoms with Gasteiger partial charge in [0, 0.05) is 25.7 Å². The van der Waals surface area contributed by atoms with Crippen molar-refractivity contribution in [1.29, 1.82) is 0 Å². The number of unbranched alkanes of at least 4 members (excludes halogenated alkanes) is 42. The molecule has 0 saturated carbocycles. The SMILES string of the molecule is CCCCCC/C=C\C=C/CCCCCCCC(=O)O[C@H](COC(=O)CCCCCCCCCCCCCCCCCC(C)C)COP(=O)(O)OC[C@@H](O)COP(=O)(O)OC[C@@H](COC(=O)CCCCCCCCC(C)CC)OC(=O)CCCCCCCCCCCCCCCCCC(C)C. The fourth-order valence-corrected chi connectivity index (χ4v) is 13.7. The minimum absolute atomic E-state index is 0.0851. The fraction of sp³-hybridized carbons (Fsp3) is 0.902. The number of ether oxygens (including phenoxy) is 4. The highest BCUT2D eigenvalue weighted by Gasteiger charge is 2.30. The largest absolute Gasteiger partial charge is 0.472 e. The zero-order valence-electron chi connectivity index (χ0n) is 65.9. The summed E-state index contributed by atoms with van der Waals surface area (Å²) in [5.74, 6) is 0.194. The van der Waals surface area contributed by atoms with Crippen molar-refractivity contribution in [3.63, 3.8) is 0 Å². The standard InChI is InChI=1S/C82H156O17P2/c1-8-10-11-12-13-14-15-16-19-27-32-37-42-51-58-65-81(86)98-77(69-92-79(84)63-56-49-41-36-31-26-22-17-20-24-29-34-39-46-53-60-73(3)4)71-96-100(88,89)94-67-76(83)68-95-101(90,91)97-72-78(70-93-80(85)64-57-50-45-44-48-55-62-75(7)9-2)99-82(87)66-59-52-43-38-33-28-23-18-21-25-30-35-40-47-54-61-74(5)6/h14-16,19,73-78,83H,8-13,17-18,20-72H2,1-7H3,(H,88,89)(H,90,91)/b15-14-,19-16-/t75?,76-,77-,78-/m1/s1. The van der Waals surface area contributed by atoms with Gasteiger partial charge in [0.2, 0.25) is 0 Å². The van der Waals surface area contributed by atoms with Crippen molar-refractivity contribution in [2.24, 2.45) is 17.8 Å². The number of allylic oxidation sites excluding steroid dienone is 4. The van der Waals surface area contributed by atoms with Gasteiger partial charge in [0.25, 0.3) is 0 Å². The Hall–Kier alpha value is -2.46. The average Bonchev–Trinajstić information content (AvgIpc) is 0.921. The molecule has 0 bridgehead atoms. The van der Waals surface area contributed by atoms with Crippen molar-refractivity contribution in [2.45, 2.75) is 420 Å². The first-order valence-electron chi connectivity index (χ1n) is 41.7. The van der Waals surface area contributed by atoms with Crippen LogP contribution in [0.15, 0.2) is 24.3 Å². The molecule has 0 aromatic heterocycles. The van der Waals surface area contributed by atoms with Crippen LogP contribution in [0, 0.1) is 17.8 Å². The van der Waals surface area contributed by atoms with E-state index < -0.39 is 97.5 Å². The van der Waals surface area contributed by atoms with Crippen LogP contribution in [0.3, 0.4) is 0 Å². The number of carbonyl (C=O) groups excluding carboxylic acids is 4. The monoisotopic (exact) mass is 1480 g/mol. The molecule has 6 atom stereocenters.